The first-order valence-corrected chi connectivity index (χ1v) is 12.6. The van der Waals surface area contributed by atoms with E-state index in [1.54, 1.807) is 17.0 Å². The minimum Gasteiger partial charge on any atom is -0.349 e. The molecule has 7 nitrogen and oxygen atoms in total. The Kier molecular flexibility index (Phi) is 5.45. The summed E-state index contributed by atoms with van der Waals surface area (Å²) in [7, 11) is -3.72. The third-order valence-electron chi connectivity index (χ3n) is 8.52. The van der Waals surface area contributed by atoms with Crippen molar-refractivity contribution in [1.82, 2.24) is 14.5 Å². The summed E-state index contributed by atoms with van der Waals surface area (Å²) in [5, 5.41) is 3.21. The third kappa shape index (κ3) is 3.57. The average molecular weight is 448 g/mol. The SMILES string of the molecule is CC(=O)N1CCN(S(=O)(=O)c2cccc(C(=O)N[C@@H]3C[C@H]4CC[C@@]3(C)C4(C)C)c2)CC1. The quantitative estimate of drug-likeness (QED) is 0.768. The number of hydrogen-bond donors (Lipinski definition) is 1. The Hall–Kier alpha value is -1.93. The summed E-state index contributed by atoms with van der Waals surface area (Å²) in [4.78, 5) is 26.3. The second kappa shape index (κ2) is 7.59. The Labute approximate surface area is 185 Å². The molecular formula is C23H33N3O4S. The highest BCUT2D eigenvalue weighted by atomic mass is 32.2. The predicted octanol–water partition coefficient (Wildman–Crippen LogP) is 2.48. The normalized spacial score (nSPS) is 30.4. The lowest BCUT2D eigenvalue weighted by atomic mass is 9.69. The van der Waals surface area contributed by atoms with Gasteiger partial charge in [0.1, 0.15) is 0 Å². The molecule has 1 aliphatic heterocycles. The van der Waals surface area contributed by atoms with E-state index in [-0.39, 0.29) is 46.7 Å². The molecule has 31 heavy (non-hydrogen) atoms. The molecule has 0 spiro atoms. The second-order valence-electron chi connectivity index (χ2n) is 10.1. The standard InChI is InChI=1S/C23H33N3O4S/c1-16(27)25-10-12-26(13-11-25)31(29,30)19-7-5-6-17(14-19)21(28)24-20-15-18-8-9-23(20,4)22(18,2)3/h5-7,14,18,20H,8-13,15H2,1-4H3,(H,24,28)/t18-,20-,23-/m1/s1. The fourth-order valence-corrected chi connectivity index (χ4v) is 7.32. The molecule has 1 heterocycles. The lowest BCUT2D eigenvalue weighted by Crippen LogP contribution is -2.50. The molecule has 0 unspecified atom stereocenters. The summed E-state index contributed by atoms with van der Waals surface area (Å²) in [6, 6.07) is 6.41. The molecule has 8 heteroatoms. The molecule has 0 radical (unpaired) electrons. The molecular weight excluding hydrogens is 414 g/mol. The molecule has 2 saturated carbocycles. The number of carbonyl (C=O) groups is 2. The summed E-state index contributed by atoms with van der Waals surface area (Å²) in [5.74, 6) is 0.351. The molecule has 1 N–H and O–H groups in total. The first-order valence-electron chi connectivity index (χ1n) is 11.1. The van der Waals surface area contributed by atoms with Crippen molar-refractivity contribution in [3.63, 3.8) is 0 Å². The topological polar surface area (TPSA) is 86.8 Å². The first kappa shape index (κ1) is 22.3. The number of nitrogens with one attached hydrogen (secondary N) is 1. The number of nitrogens with zero attached hydrogens (tertiary/aromatic N) is 2. The van der Waals surface area contributed by atoms with Gasteiger partial charge in [0.25, 0.3) is 5.91 Å². The number of carbonyl (C=O) groups excluding carboxylic acids is 2. The lowest BCUT2D eigenvalue weighted by molar-refractivity contribution is -0.129. The minimum atomic E-state index is -3.72. The monoisotopic (exact) mass is 447 g/mol. The second-order valence-corrected chi connectivity index (χ2v) is 12.0. The lowest BCUT2D eigenvalue weighted by Gasteiger charge is -2.39. The Morgan fingerprint density at radius 3 is 2.32 bits per heavy atom. The van der Waals surface area contributed by atoms with Gasteiger partial charge >= 0.3 is 0 Å². The van der Waals surface area contributed by atoms with Crippen LogP contribution in [0, 0.1) is 16.7 Å². The Balaban J connectivity index is 1.48. The number of piperazine rings is 1. The maximum atomic E-state index is 13.1. The number of amides is 2. The summed E-state index contributed by atoms with van der Waals surface area (Å²) in [5.41, 5.74) is 0.624. The predicted molar refractivity (Wildman–Crippen MR) is 118 cm³/mol. The van der Waals surface area contributed by atoms with E-state index in [1.807, 2.05) is 0 Å². The zero-order chi connectivity index (χ0) is 22.6. The van der Waals surface area contributed by atoms with Gasteiger partial charge in [-0.05, 0) is 54.2 Å². The van der Waals surface area contributed by atoms with Crippen molar-refractivity contribution in [3.8, 4) is 0 Å². The molecule has 2 aliphatic carbocycles. The van der Waals surface area contributed by atoms with E-state index in [4.69, 9.17) is 0 Å². The molecule has 3 atom stereocenters. The van der Waals surface area contributed by atoms with Crippen molar-refractivity contribution in [1.29, 1.82) is 0 Å². The fourth-order valence-electron chi connectivity index (χ4n) is 5.85. The molecule has 1 aromatic rings. The molecule has 2 amide bonds. The fraction of sp³-hybridized carbons (Fsp3) is 0.652. The van der Waals surface area contributed by atoms with E-state index < -0.39 is 10.0 Å². The highest BCUT2D eigenvalue weighted by molar-refractivity contribution is 7.89. The van der Waals surface area contributed by atoms with Crippen LogP contribution in [0.5, 0.6) is 0 Å². The van der Waals surface area contributed by atoms with Gasteiger partial charge in [-0.3, -0.25) is 9.59 Å². The van der Waals surface area contributed by atoms with Gasteiger partial charge in [0.15, 0.2) is 0 Å². The van der Waals surface area contributed by atoms with Crippen LogP contribution < -0.4 is 5.32 Å². The average Bonchev–Trinajstić information content (AvgIpc) is 3.07. The maximum absolute atomic E-state index is 13.1. The van der Waals surface area contributed by atoms with Crippen LogP contribution in [0.2, 0.25) is 0 Å². The number of rotatable bonds is 4. The summed E-state index contributed by atoms with van der Waals surface area (Å²) >= 11 is 0. The van der Waals surface area contributed by atoms with E-state index in [2.05, 4.69) is 26.1 Å². The molecule has 3 aliphatic rings. The summed E-state index contributed by atoms with van der Waals surface area (Å²) in [6.07, 6.45) is 3.30. The molecule has 4 rings (SSSR count). The van der Waals surface area contributed by atoms with Crippen LogP contribution in [-0.2, 0) is 14.8 Å². The van der Waals surface area contributed by atoms with Crippen LogP contribution in [0.15, 0.2) is 29.2 Å². The van der Waals surface area contributed by atoms with Gasteiger partial charge in [0.2, 0.25) is 15.9 Å². The van der Waals surface area contributed by atoms with E-state index in [0.29, 0.717) is 24.6 Å². The Morgan fingerprint density at radius 2 is 1.77 bits per heavy atom. The third-order valence-corrected chi connectivity index (χ3v) is 10.4. The minimum absolute atomic E-state index is 0.0480. The van der Waals surface area contributed by atoms with Gasteiger partial charge in [-0.1, -0.05) is 26.8 Å². The van der Waals surface area contributed by atoms with E-state index in [1.165, 1.54) is 29.8 Å². The van der Waals surface area contributed by atoms with Crippen LogP contribution in [0.25, 0.3) is 0 Å². The molecule has 1 aromatic carbocycles. The molecule has 0 aromatic heterocycles. The van der Waals surface area contributed by atoms with E-state index in [0.717, 1.165) is 12.8 Å². The summed E-state index contributed by atoms with van der Waals surface area (Å²) < 4.78 is 27.6. The van der Waals surface area contributed by atoms with Crippen molar-refractivity contribution in [3.05, 3.63) is 29.8 Å². The van der Waals surface area contributed by atoms with Crippen molar-refractivity contribution >= 4 is 21.8 Å². The van der Waals surface area contributed by atoms with E-state index >= 15 is 0 Å². The summed E-state index contributed by atoms with van der Waals surface area (Å²) in [6.45, 7) is 9.64. The molecule has 2 bridgehead atoms. The van der Waals surface area contributed by atoms with Crippen molar-refractivity contribution < 1.29 is 18.0 Å². The Bertz CT molecular complexity index is 998. The van der Waals surface area contributed by atoms with Crippen molar-refractivity contribution in [2.45, 2.75) is 57.9 Å². The molecule has 3 fully saturated rings. The van der Waals surface area contributed by atoms with Crippen molar-refractivity contribution in [2.24, 2.45) is 16.7 Å². The largest absolute Gasteiger partial charge is 0.349 e. The maximum Gasteiger partial charge on any atom is 0.251 e. The molecule has 1 saturated heterocycles. The van der Waals surface area contributed by atoms with Gasteiger partial charge in [-0.15, -0.1) is 0 Å². The number of sulfonamides is 1. The number of benzene rings is 1. The van der Waals surface area contributed by atoms with Crippen molar-refractivity contribution in [2.75, 3.05) is 26.2 Å². The van der Waals surface area contributed by atoms with Gasteiger partial charge in [-0.2, -0.15) is 4.31 Å². The zero-order valence-electron chi connectivity index (χ0n) is 18.8. The smallest absolute Gasteiger partial charge is 0.251 e. The van der Waals surface area contributed by atoms with Crippen LogP contribution in [0.3, 0.4) is 0 Å². The Morgan fingerprint density at radius 1 is 1.10 bits per heavy atom. The zero-order valence-corrected chi connectivity index (χ0v) is 19.7. The first-order chi connectivity index (χ1) is 14.5. The van der Waals surface area contributed by atoms with Crippen LogP contribution >= 0.6 is 0 Å². The highest BCUT2D eigenvalue weighted by Gasteiger charge is 2.61. The highest BCUT2D eigenvalue weighted by Crippen LogP contribution is 2.65. The van der Waals surface area contributed by atoms with Gasteiger partial charge < -0.3 is 10.2 Å². The van der Waals surface area contributed by atoms with Crippen LogP contribution in [-0.4, -0.2) is 61.7 Å². The number of hydrogen-bond acceptors (Lipinski definition) is 4. The van der Waals surface area contributed by atoms with Crippen LogP contribution in [0.1, 0.15) is 57.3 Å². The number of fused-ring (bicyclic) bond motifs is 2. The van der Waals surface area contributed by atoms with Gasteiger partial charge in [0.05, 0.1) is 4.90 Å². The van der Waals surface area contributed by atoms with Gasteiger partial charge in [-0.25, -0.2) is 8.42 Å². The van der Waals surface area contributed by atoms with E-state index in [9.17, 15) is 18.0 Å². The van der Waals surface area contributed by atoms with Gasteiger partial charge in [0, 0.05) is 44.7 Å². The molecule has 170 valence electrons. The van der Waals surface area contributed by atoms with Crippen LogP contribution in [0.4, 0.5) is 0 Å².